The zero-order valence-corrected chi connectivity index (χ0v) is 13.7. The molecule has 112 valence electrons. The van der Waals surface area contributed by atoms with Gasteiger partial charge in [0.15, 0.2) is 0 Å². The van der Waals surface area contributed by atoms with Gasteiger partial charge in [-0.15, -0.1) is 0 Å². The second kappa shape index (κ2) is 6.47. The van der Waals surface area contributed by atoms with Crippen LogP contribution in [0.3, 0.4) is 0 Å². The number of hydrogen-bond acceptors (Lipinski definition) is 5. The molecule has 0 saturated carbocycles. The Bertz CT molecular complexity index is 612. The van der Waals surface area contributed by atoms with E-state index in [1.807, 2.05) is 19.9 Å². The van der Waals surface area contributed by atoms with Crippen LogP contribution in [0.5, 0.6) is 0 Å². The van der Waals surface area contributed by atoms with E-state index < -0.39 is 10.0 Å². The maximum atomic E-state index is 11.7. The molecular formula is C12H20N4O2S2. The molecule has 0 aliphatic carbocycles. The van der Waals surface area contributed by atoms with Crippen LogP contribution in [0.15, 0.2) is 6.07 Å². The molecule has 0 aromatic carbocycles. The summed E-state index contributed by atoms with van der Waals surface area (Å²) in [5, 5.41) is 3.00. The highest BCUT2D eigenvalue weighted by Gasteiger charge is 2.15. The van der Waals surface area contributed by atoms with Crippen molar-refractivity contribution in [1.29, 1.82) is 0 Å². The Morgan fingerprint density at radius 2 is 2.05 bits per heavy atom. The molecule has 1 aromatic heterocycles. The maximum Gasteiger partial charge on any atom is 0.215 e. The quantitative estimate of drug-likeness (QED) is 0.749. The van der Waals surface area contributed by atoms with E-state index in [1.54, 1.807) is 0 Å². The molecule has 8 heteroatoms. The Morgan fingerprint density at radius 3 is 2.55 bits per heavy atom. The minimum atomic E-state index is -3.24. The summed E-state index contributed by atoms with van der Waals surface area (Å²) in [5.74, 6) is 0.509. The van der Waals surface area contributed by atoms with Gasteiger partial charge in [0.05, 0.1) is 11.3 Å². The molecule has 1 rings (SSSR count). The van der Waals surface area contributed by atoms with Crippen molar-refractivity contribution < 1.29 is 8.42 Å². The number of rotatable bonds is 6. The van der Waals surface area contributed by atoms with Gasteiger partial charge in [-0.3, -0.25) is 0 Å². The van der Waals surface area contributed by atoms with E-state index in [2.05, 4.69) is 10.3 Å². The highest BCUT2D eigenvalue weighted by atomic mass is 32.2. The van der Waals surface area contributed by atoms with E-state index in [0.29, 0.717) is 11.4 Å². The number of nitrogens with one attached hydrogen (secondary N) is 1. The first-order chi connectivity index (χ1) is 9.15. The van der Waals surface area contributed by atoms with Gasteiger partial charge in [0.1, 0.15) is 10.8 Å². The van der Waals surface area contributed by atoms with Crippen LogP contribution in [-0.2, 0) is 10.0 Å². The number of sulfonamides is 1. The molecule has 20 heavy (non-hydrogen) atoms. The van der Waals surface area contributed by atoms with Crippen LogP contribution < -0.4 is 11.1 Å². The van der Waals surface area contributed by atoms with E-state index >= 15 is 0 Å². The molecule has 0 amide bonds. The molecule has 0 bridgehead atoms. The Kier molecular flexibility index (Phi) is 5.43. The summed E-state index contributed by atoms with van der Waals surface area (Å²) in [4.78, 5) is 4.58. The summed E-state index contributed by atoms with van der Waals surface area (Å²) in [6.45, 7) is 4.00. The van der Waals surface area contributed by atoms with E-state index in [9.17, 15) is 8.42 Å². The molecule has 0 fully saturated rings. The van der Waals surface area contributed by atoms with Crippen LogP contribution in [0.25, 0.3) is 0 Å². The van der Waals surface area contributed by atoms with E-state index in [1.165, 1.54) is 18.4 Å². The topological polar surface area (TPSA) is 88.3 Å². The van der Waals surface area contributed by atoms with Gasteiger partial charge in [-0.25, -0.2) is 17.7 Å². The second-order valence-corrected chi connectivity index (χ2v) is 7.44. The van der Waals surface area contributed by atoms with Crippen molar-refractivity contribution in [3.05, 3.63) is 22.9 Å². The van der Waals surface area contributed by atoms with Crippen molar-refractivity contribution in [2.24, 2.45) is 5.73 Å². The Hall–Kier alpha value is -1.25. The number of anilines is 1. The highest BCUT2D eigenvalue weighted by molar-refractivity contribution is 7.89. The van der Waals surface area contributed by atoms with Gasteiger partial charge in [-0.2, -0.15) is 0 Å². The normalized spacial score (nSPS) is 11.7. The molecule has 0 radical (unpaired) electrons. The summed E-state index contributed by atoms with van der Waals surface area (Å²) in [7, 11) is -0.233. The van der Waals surface area contributed by atoms with E-state index in [0.717, 1.165) is 11.3 Å². The van der Waals surface area contributed by atoms with Gasteiger partial charge < -0.3 is 11.1 Å². The molecule has 1 aromatic rings. The Balaban J connectivity index is 2.91. The van der Waals surface area contributed by atoms with Crippen LogP contribution in [0.1, 0.15) is 16.8 Å². The lowest BCUT2D eigenvalue weighted by atomic mass is 10.1. The van der Waals surface area contributed by atoms with E-state index in [4.69, 9.17) is 18.0 Å². The van der Waals surface area contributed by atoms with Crippen LogP contribution in [0.2, 0.25) is 0 Å². The minimum Gasteiger partial charge on any atom is -0.389 e. The number of pyridine rings is 1. The molecule has 0 spiro atoms. The number of nitrogens with two attached hydrogens (primary N) is 1. The molecule has 1 heterocycles. The minimum absolute atomic E-state index is 0.0224. The zero-order chi connectivity index (χ0) is 15.5. The van der Waals surface area contributed by atoms with Crippen LogP contribution >= 0.6 is 12.2 Å². The van der Waals surface area contributed by atoms with Crippen LogP contribution in [0, 0.1) is 13.8 Å². The average Bonchev–Trinajstić information content (AvgIpc) is 2.26. The largest absolute Gasteiger partial charge is 0.389 e. The third kappa shape index (κ3) is 4.12. The molecule has 0 aliphatic rings. The van der Waals surface area contributed by atoms with Crippen LogP contribution in [-0.4, -0.2) is 49.1 Å². The third-order valence-corrected chi connectivity index (χ3v) is 4.84. The Labute approximate surface area is 125 Å². The van der Waals surface area contributed by atoms with Crippen molar-refractivity contribution in [3.63, 3.8) is 0 Å². The van der Waals surface area contributed by atoms with Crippen molar-refractivity contribution in [3.8, 4) is 0 Å². The van der Waals surface area contributed by atoms with Gasteiger partial charge in [0.25, 0.3) is 0 Å². The number of nitrogens with zero attached hydrogens (tertiary/aromatic N) is 2. The fraction of sp³-hybridized carbons (Fsp3) is 0.500. The fourth-order valence-corrected chi connectivity index (χ4v) is 2.74. The fourth-order valence-electron chi connectivity index (χ4n) is 1.76. The lowest BCUT2D eigenvalue weighted by molar-refractivity contribution is 0.521. The average molecular weight is 316 g/mol. The summed E-state index contributed by atoms with van der Waals surface area (Å²) in [5.41, 5.74) is 8.10. The van der Waals surface area contributed by atoms with Crippen molar-refractivity contribution in [2.45, 2.75) is 13.8 Å². The van der Waals surface area contributed by atoms with Crippen molar-refractivity contribution in [2.75, 3.05) is 31.7 Å². The Morgan fingerprint density at radius 1 is 1.45 bits per heavy atom. The van der Waals surface area contributed by atoms with Crippen molar-refractivity contribution in [1.82, 2.24) is 9.29 Å². The van der Waals surface area contributed by atoms with Gasteiger partial charge >= 0.3 is 0 Å². The number of aromatic nitrogens is 1. The van der Waals surface area contributed by atoms with Crippen LogP contribution in [0.4, 0.5) is 5.82 Å². The third-order valence-electron chi connectivity index (χ3n) is 2.80. The summed E-state index contributed by atoms with van der Waals surface area (Å²) >= 11 is 5.02. The number of hydrogen-bond donors (Lipinski definition) is 2. The number of aryl methyl sites for hydroxylation is 2. The lowest BCUT2D eigenvalue weighted by Crippen LogP contribution is -2.29. The standard InChI is InChI=1S/C12H20N4O2S2/c1-8-7-9(2)15-12(10(8)11(13)19)14-5-6-20(17,18)16(3)4/h7H,5-6H2,1-4H3,(H2,13,19)(H,14,15). The molecular weight excluding hydrogens is 296 g/mol. The predicted molar refractivity (Wildman–Crippen MR) is 85.6 cm³/mol. The first-order valence-electron chi connectivity index (χ1n) is 6.07. The first-order valence-corrected chi connectivity index (χ1v) is 8.09. The number of thiocarbonyl (C=S) groups is 1. The molecule has 3 N–H and O–H groups in total. The van der Waals surface area contributed by atoms with Crippen molar-refractivity contribution >= 4 is 33.0 Å². The molecule has 0 saturated heterocycles. The monoisotopic (exact) mass is 316 g/mol. The SMILES string of the molecule is Cc1cc(C)c(C(N)=S)c(NCCS(=O)(=O)N(C)C)n1. The lowest BCUT2D eigenvalue weighted by Gasteiger charge is -2.15. The summed E-state index contributed by atoms with van der Waals surface area (Å²) < 4.78 is 24.6. The molecule has 0 aliphatic heterocycles. The van der Waals surface area contributed by atoms with Gasteiger partial charge in [0.2, 0.25) is 10.0 Å². The second-order valence-electron chi connectivity index (χ2n) is 4.69. The smallest absolute Gasteiger partial charge is 0.215 e. The summed E-state index contributed by atoms with van der Waals surface area (Å²) in [6, 6.07) is 1.89. The zero-order valence-electron chi connectivity index (χ0n) is 12.1. The predicted octanol–water partition coefficient (Wildman–Crippen LogP) is 0.636. The van der Waals surface area contributed by atoms with Gasteiger partial charge in [0, 0.05) is 26.3 Å². The van der Waals surface area contributed by atoms with E-state index in [-0.39, 0.29) is 17.3 Å². The molecule has 0 unspecified atom stereocenters. The molecule has 0 atom stereocenters. The summed E-state index contributed by atoms with van der Waals surface area (Å²) in [6.07, 6.45) is 0. The van der Waals surface area contributed by atoms with Gasteiger partial charge in [-0.1, -0.05) is 12.2 Å². The highest BCUT2D eigenvalue weighted by Crippen LogP contribution is 2.18. The maximum absolute atomic E-state index is 11.7. The van der Waals surface area contributed by atoms with Gasteiger partial charge in [-0.05, 0) is 25.5 Å². The molecule has 6 nitrogen and oxygen atoms in total. The first kappa shape index (κ1) is 16.8.